The number of ether oxygens (including phenoxy) is 4. The van der Waals surface area contributed by atoms with Crippen LogP contribution in [0.15, 0.2) is 146 Å². The summed E-state index contributed by atoms with van der Waals surface area (Å²) in [4.78, 5) is 75.1. The van der Waals surface area contributed by atoms with E-state index < -0.39 is 24.0 Å². The molecule has 0 saturated heterocycles. The number of Topliss-reactive ketones (excluding diaryl/α,β-unsaturated/α-hetero) is 2. The van der Waals surface area contributed by atoms with Crippen molar-refractivity contribution in [2.24, 2.45) is 0 Å². The van der Waals surface area contributed by atoms with Gasteiger partial charge in [0, 0.05) is 11.1 Å². The van der Waals surface area contributed by atoms with Crippen LogP contribution in [-0.4, -0.2) is 60.6 Å². The fourth-order valence-electron chi connectivity index (χ4n) is 7.44. The summed E-state index contributed by atoms with van der Waals surface area (Å²) in [6, 6.07) is 41.1. The Morgan fingerprint density at radius 3 is 1.04 bits per heavy atom. The van der Waals surface area contributed by atoms with Gasteiger partial charge in [0.1, 0.15) is 23.0 Å². The first kappa shape index (κ1) is 58.0. The van der Waals surface area contributed by atoms with Crippen LogP contribution in [0.4, 0.5) is 0 Å². The molecule has 2 amide bonds. The molecule has 394 valence electrons. The first-order valence-electron chi connectivity index (χ1n) is 25.5. The van der Waals surface area contributed by atoms with Gasteiger partial charge in [0.15, 0.2) is 11.6 Å². The molecule has 6 rings (SSSR count). The zero-order chi connectivity index (χ0) is 54.7. The van der Waals surface area contributed by atoms with Gasteiger partial charge in [-0.15, -0.1) is 0 Å². The van der Waals surface area contributed by atoms with Gasteiger partial charge in [0.25, 0.3) is 11.8 Å². The van der Waals surface area contributed by atoms with E-state index in [9.17, 15) is 28.8 Å². The smallest absolute Gasteiger partial charge is 0.343 e. The summed E-state index contributed by atoms with van der Waals surface area (Å²) in [7, 11) is 0. The monoisotopic (exact) mass is 1020 g/mol. The Hall–Kier alpha value is -7.86. The summed E-state index contributed by atoms with van der Waals surface area (Å²) >= 11 is 0. The Morgan fingerprint density at radius 2 is 0.733 bits per heavy atom. The van der Waals surface area contributed by atoms with Crippen molar-refractivity contribution in [1.82, 2.24) is 10.6 Å². The molecule has 0 bridgehead atoms. The largest absolute Gasteiger partial charge is 0.494 e. The van der Waals surface area contributed by atoms with Crippen LogP contribution in [0.2, 0.25) is 0 Å². The summed E-state index contributed by atoms with van der Waals surface area (Å²) in [5, 5.41) is 5.69. The van der Waals surface area contributed by atoms with Crippen LogP contribution in [0, 0.1) is 0 Å². The first-order valence-corrected chi connectivity index (χ1v) is 25.5. The van der Waals surface area contributed by atoms with Crippen molar-refractivity contribution in [3.8, 4) is 23.0 Å². The Balaban J connectivity index is 0.000000277. The molecule has 0 aromatic heterocycles. The number of carbonyl (C=O) groups is 6. The standard InChI is InChI=1S/C32H37NO5.C31H35NO5/c1-6-7-20-37-27-18-12-25(13-19-27)31(36)38-28-16-8-23(9-17-28)21-29(22(2)34)33-30(35)24-10-14-26(15-11-24)32(3,4)5;1-6-19-36-26-17-11-24(12-18-26)30(35)37-27-15-7-22(8-16-27)20-28(21(2)33)32-29(34)23-9-13-25(14-10-23)31(3,4)5/h8-19,29H,6-7,20-21H2,1-5H3,(H,33,35);7-18,28H,6,19-20H2,1-5H3,(H,32,34)/t29-;28-/m00/s1. The minimum atomic E-state index is -0.670. The summed E-state index contributed by atoms with van der Waals surface area (Å²) in [5.74, 6) is 0.404. The molecule has 0 fully saturated rings. The normalized spacial score (nSPS) is 11.9. The fourth-order valence-corrected chi connectivity index (χ4v) is 7.44. The van der Waals surface area contributed by atoms with Crippen LogP contribution in [0.25, 0.3) is 0 Å². The lowest BCUT2D eigenvalue weighted by molar-refractivity contribution is -0.119. The van der Waals surface area contributed by atoms with E-state index in [2.05, 4.69) is 59.1 Å². The van der Waals surface area contributed by atoms with Crippen LogP contribution in [0.5, 0.6) is 23.0 Å². The maximum atomic E-state index is 12.8. The number of esters is 2. The molecule has 0 saturated carbocycles. The fraction of sp³-hybridized carbons (Fsp3) is 0.333. The third-order valence-electron chi connectivity index (χ3n) is 12.2. The number of ketones is 2. The lowest BCUT2D eigenvalue weighted by Gasteiger charge is -2.20. The van der Waals surface area contributed by atoms with Crippen LogP contribution in [0.1, 0.15) is 152 Å². The molecule has 0 spiro atoms. The highest BCUT2D eigenvalue weighted by Gasteiger charge is 2.22. The minimum Gasteiger partial charge on any atom is -0.494 e. The van der Waals surface area contributed by atoms with Crippen LogP contribution in [0.3, 0.4) is 0 Å². The van der Waals surface area contributed by atoms with Crippen molar-refractivity contribution in [1.29, 1.82) is 0 Å². The van der Waals surface area contributed by atoms with Crippen molar-refractivity contribution in [3.05, 3.63) is 190 Å². The average molecular weight is 1020 g/mol. The average Bonchev–Trinajstić information content (AvgIpc) is 3.38. The van der Waals surface area contributed by atoms with E-state index in [-0.39, 0.29) is 34.2 Å². The van der Waals surface area contributed by atoms with E-state index in [1.54, 1.807) is 121 Å². The topological polar surface area (TPSA) is 163 Å². The highest BCUT2D eigenvalue weighted by Crippen LogP contribution is 2.25. The number of carbonyl (C=O) groups excluding carboxylic acids is 6. The number of amides is 2. The molecule has 6 aromatic rings. The van der Waals surface area contributed by atoms with Crippen LogP contribution in [-0.2, 0) is 33.3 Å². The van der Waals surface area contributed by atoms with Crippen molar-refractivity contribution in [3.63, 3.8) is 0 Å². The third kappa shape index (κ3) is 18.5. The summed E-state index contributed by atoms with van der Waals surface area (Å²) in [6.45, 7) is 21.0. The molecule has 12 heteroatoms. The predicted molar refractivity (Wildman–Crippen MR) is 293 cm³/mol. The Bertz CT molecular complexity index is 2820. The van der Waals surface area contributed by atoms with Gasteiger partial charge in [0.2, 0.25) is 0 Å². The molecule has 2 atom stereocenters. The maximum Gasteiger partial charge on any atom is 0.343 e. The zero-order valence-electron chi connectivity index (χ0n) is 45.0. The molecule has 0 heterocycles. The Morgan fingerprint density at radius 1 is 0.413 bits per heavy atom. The quantitative estimate of drug-likeness (QED) is 0.0403. The van der Waals surface area contributed by atoms with E-state index in [4.69, 9.17) is 18.9 Å². The molecule has 0 aliphatic rings. The van der Waals surface area contributed by atoms with Crippen molar-refractivity contribution >= 4 is 35.3 Å². The highest BCUT2D eigenvalue weighted by molar-refractivity contribution is 5.98. The zero-order valence-corrected chi connectivity index (χ0v) is 45.0. The van der Waals surface area contributed by atoms with Gasteiger partial charge in [-0.1, -0.05) is 110 Å². The number of rotatable bonds is 21. The van der Waals surface area contributed by atoms with E-state index in [1.165, 1.54) is 13.8 Å². The van der Waals surface area contributed by atoms with Gasteiger partial charge in [-0.25, -0.2) is 9.59 Å². The summed E-state index contributed by atoms with van der Waals surface area (Å²) < 4.78 is 22.1. The minimum absolute atomic E-state index is 0.00868. The van der Waals surface area contributed by atoms with E-state index >= 15 is 0 Å². The Kier molecular flexibility index (Phi) is 21.2. The van der Waals surface area contributed by atoms with E-state index in [0.717, 1.165) is 41.5 Å². The third-order valence-corrected chi connectivity index (χ3v) is 12.2. The van der Waals surface area contributed by atoms with Crippen molar-refractivity contribution in [2.75, 3.05) is 13.2 Å². The second-order valence-electron chi connectivity index (χ2n) is 20.5. The predicted octanol–water partition coefficient (Wildman–Crippen LogP) is 12.2. The molecule has 0 aliphatic carbocycles. The molecule has 6 aromatic carbocycles. The van der Waals surface area contributed by atoms with Crippen molar-refractivity contribution < 1.29 is 47.7 Å². The first-order chi connectivity index (χ1) is 35.6. The molecule has 0 aliphatic heterocycles. The number of nitrogens with one attached hydrogen (secondary N) is 2. The molecule has 12 nitrogen and oxygen atoms in total. The second-order valence-corrected chi connectivity index (χ2v) is 20.5. The number of unbranched alkanes of at least 4 members (excludes halogenated alkanes) is 1. The maximum absolute atomic E-state index is 12.8. The van der Waals surface area contributed by atoms with Gasteiger partial charge in [0.05, 0.1) is 36.4 Å². The molecule has 2 N–H and O–H groups in total. The van der Waals surface area contributed by atoms with Gasteiger partial charge in [-0.05, 0) is 170 Å². The van der Waals surface area contributed by atoms with Gasteiger partial charge < -0.3 is 29.6 Å². The highest BCUT2D eigenvalue weighted by atomic mass is 16.5. The van der Waals surface area contributed by atoms with Crippen LogP contribution < -0.4 is 29.6 Å². The molecular formula is C63H72N2O10. The van der Waals surface area contributed by atoms with Gasteiger partial charge in [-0.2, -0.15) is 0 Å². The van der Waals surface area contributed by atoms with Crippen molar-refractivity contribution in [2.45, 2.75) is 124 Å². The van der Waals surface area contributed by atoms with E-state index in [1.807, 2.05) is 31.2 Å². The molecule has 0 unspecified atom stereocenters. The molecular weight excluding hydrogens is 945 g/mol. The molecule has 0 radical (unpaired) electrons. The Labute approximate surface area is 442 Å². The summed E-state index contributed by atoms with van der Waals surface area (Å²) in [6.07, 6.45) is 3.60. The SMILES string of the molecule is CCCCOc1ccc(C(=O)Oc2ccc(C[C@H](NC(=O)c3ccc(C(C)(C)C)cc3)C(C)=O)cc2)cc1.CCCOc1ccc(C(=O)Oc2ccc(C[C@H](NC(=O)c3ccc(C(C)(C)C)cc3)C(C)=O)cc2)cc1. The number of hydrogen-bond donors (Lipinski definition) is 2. The van der Waals surface area contributed by atoms with E-state index in [0.29, 0.717) is 71.3 Å². The number of benzene rings is 6. The summed E-state index contributed by atoms with van der Waals surface area (Å²) in [5.41, 5.74) is 5.77. The number of hydrogen-bond acceptors (Lipinski definition) is 10. The lowest BCUT2D eigenvalue weighted by Crippen LogP contribution is -2.41. The second kappa shape index (κ2) is 27.4. The molecule has 75 heavy (non-hydrogen) atoms. The van der Waals surface area contributed by atoms with Crippen LogP contribution >= 0.6 is 0 Å². The van der Waals surface area contributed by atoms with Gasteiger partial charge in [-0.3, -0.25) is 19.2 Å². The van der Waals surface area contributed by atoms with Gasteiger partial charge >= 0.3 is 11.9 Å². The lowest BCUT2D eigenvalue weighted by atomic mass is 9.86.